The van der Waals surface area contributed by atoms with Crippen molar-refractivity contribution in [2.24, 2.45) is 0 Å². The molecular weight excluding hydrogens is 290 g/mol. The number of aryl methyl sites for hydroxylation is 2. The molecule has 0 fully saturated rings. The first-order valence-corrected chi connectivity index (χ1v) is 7.65. The number of halogens is 1. The molecule has 0 saturated carbocycles. The summed E-state index contributed by atoms with van der Waals surface area (Å²) in [5, 5.41) is 2.82. The van der Waals surface area contributed by atoms with Crippen LogP contribution in [0.5, 0.6) is 0 Å². The SMILES string of the molecule is Cc1ccc(Sc2ccccc2NC(=O)CCl)c(C)c1. The van der Waals surface area contributed by atoms with E-state index in [0.717, 1.165) is 10.6 Å². The van der Waals surface area contributed by atoms with Gasteiger partial charge in [0.25, 0.3) is 0 Å². The Morgan fingerprint density at radius 1 is 1.15 bits per heavy atom. The molecule has 4 heteroatoms. The normalized spacial score (nSPS) is 10.3. The number of para-hydroxylation sites is 1. The standard InChI is InChI=1S/C16H16ClNOS/c1-11-7-8-14(12(2)9-11)20-15-6-4-3-5-13(15)18-16(19)10-17/h3-9H,10H2,1-2H3,(H,18,19). The lowest BCUT2D eigenvalue weighted by Crippen LogP contribution is -2.13. The molecule has 0 heterocycles. The lowest BCUT2D eigenvalue weighted by atomic mass is 10.2. The summed E-state index contributed by atoms with van der Waals surface area (Å²) in [6.07, 6.45) is 0. The maximum Gasteiger partial charge on any atom is 0.239 e. The summed E-state index contributed by atoms with van der Waals surface area (Å²) < 4.78 is 0. The first-order valence-electron chi connectivity index (χ1n) is 6.30. The Hall–Kier alpha value is -1.45. The second-order valence-corrected chi connectivity index (χ2v) is 5.90. The van der Waals surface area contributed by atoms with E-state index in [1.54, 1.807) is 11.8 Å². The quantitative estimate of drug-likeness (QED) is 0.834. The zero-order valence-corrected chi connectivity index (χ0v) is 13.0. The maximum atomic E-state index is 11.4. The van der Waals surface area contributed by atoms with Gasteiger partial charge in [-0.3, -0.25) is 4.79 Å². The van der Waals surface area contributed by atoms with E-state index in [4.69, 9.17) is 11.6 Å². The monoisotopic (exact) mass is 305 g/mol. The fourth-order valence-corrected chi connectivity index (χ4v) is 2.91. The van der Waals surface area contributed by atoms with Gasteiger partial charge in [0.1, 0.15) is 5.88 Å². The average molecular weight is 306 g/mol. The van der Waals surface area contributed by atoms with Crippen LogP contribution >= 0.6 is 23.4 Å². The fraction of sp³-hybridized carbons (Fsp3) is 0.188. The molecule has 2 aromatic carbocycles. The zero-order valence-electron chi connectivity index (χ0n) is 11.4. The van der Waals surface area contributed by atoms with Crippen LogP contribution in [0.15, 0.2) is 52.3 Å². The lowest BCUT2D eigenvalue weighted by molar-refractivity contribution is -0.113. The highest BCUT2D eigenvalue weighted by Gasteiger charge is 2.08. The molecule has 0 saturated heterocycles. The topological polar surface area (TPSA) is 29.1 Å². The molecule has 0 aromatic heterocycles. The van der Waals surface area contributed by atoms with Crippen LogP contribution in [0.3, 0.4) is 0 Å². The van der Waals surface area contributed by atoms with Crippen LogP contribution in [0.4, 0.5) is 5.69 Å². The highest BCUT2D eigenvalue weighted by atomic mass is 35.5. The van der Waals surface area contributed by atoms with Crippen molar-refractivity contribution >= 4 is 35.0 Å². The van der Waals surface area contributed by atoms with Crippen molar-refractivity contribution in [3.05, 3.63) is 53.6 Å². The Bertz CT molecular complexity index is 628. The van der Waals surface area contributed by atoms with Gasteiger partial charge in [-0.1, -0.05) is 41.6 Å². The summed E-state index contributed by atoms with van der Waals surface area (Å²) in [5.74, 6) is -0.233. The van der Waals surface area contributed by atoms with Gasteiger partial charge < -0.3 is 5.32 Å². The van der Waals surface area contributed by atoms with Crippen LogP contribution in [0.2, 0.25) is 0 Å². The molecule has 20 heavy (non-hydrogen) atoms. The Kier molecular flexibility index (Phi) is 5.10. The predicted molar refractivity (Wildman–Crippen MR) is 85.8 cm³/mol. The molecule has 0 aliphatic heterocycles. The van der Waals surface area contributed by atoms with Gasteiger partial charge in [0.15, 0.2) is 0 Å². The van der Waals surface area contributed by atoms with E-state index in [1.807, 2.05) is 24.3 Å². The molecule has 2 aromatic rings. The molecule has 1 amide bonds. The fourth-order valence-electron chi connectivity index (χ4n) is 1.87. The van der Waals surface area contributed by atoms with Crippen molar-refractivity contribution in [1.29, 1.82) is 0 Å². The van der Waals surface area contributed by atoms with Gasteiger partial charge in [-0.05, 0) is 37.6 Å². The average Bonchev–Trinajstić information content (AvgIpc) is 2.43. The summed E-state index contributed by atoms with van der Waals surface area (Å²) in [6, 6.07) is 14.1. The number of carbonyl (C=O) groups is 1. The van der Waals surface area contributed by atoms with Gasteiger partial charge in [-0.15, -0.1) is 11.6 Å². The Labute approximate surface area is 128 Å². The summed E-state index contributed by atoms with van der Waals surface area (Å²) in [6.45, 7) is 4.17. The Morgan fingerprint density at radius 3 is 2.60 bits per heavy atom. The third kappa shape index (κ3) is 3.78. The second-order valence-electron chi connectivity index (χ2n) is 4.55. The van der Waals surface area contributed by atoms with Crippen LogP contribution < -0.4 is 5.32 Å². The van der Waals surface area contributed by atoms with Crippen molar-refractivity contribution in [2.75, 3.05) is 11.2 Å². The number of amides is 1. The molecule has 0 aliphatic carbocycles. The summed E-state index contributed by atoms with van der Waals surface area (Å²) in [7, 11) is 0. The Morgan fingerprint density at radius 2 is 1.90 bits per heavy atom. The number of rotatable bonds is 4. The number of anilines is 1. The number of carbonyl (C=O) groups excluding carboxylic acids is 1. The number of hydrogen-bond acceptors (Lipinski definition) is 2. The number of alkyl halides is 1. The highest BCUT2D eigenvalue weighted by Crippen LogP contribution is 2.35. The van der Waals surface area contributed by atoms with Gasteiger partial charge in [-0.25, -0.2) is 0 Å². The molecule has 104 valence electrons. The summed E-state index contributed by atoms with van der Waals surface area (Å²) >= 11 is 7.18. The Balaban J connectivity index is 2.26. The van der Waals surface area contributed by atoms with Gasteiger partial charge >= 0.3 is 0 Å². The van der Waals surface area contributed by atoms with Crippen molar-refractivity contribution in [3.8, 4) is 0 Å². The number of hydrogen-bond donors (Lipinski definition) is 1. The van der Waals surface area contributed by atoms with Gasteiger partial charge in [0.2, 0.25) is 5.91 Å². The summed E-state index contributed by atoms with van der Waals surface area (Å²) in [4.78, 5) is 13.6. The molecule has 2 nitrogen and oxygen atoms in total. The van der Waals surface area contributed by atoms with E-state index in [1.165, 1.54) is 16.0 Å². The van der Waals surface area contributed by atoms with Gasteiger partial charge in [0.05, 0.1) is 5.69 Å². The minimum Gasteiger partial charge on any atom is -0.324 e. The van der Waals surface area contributed by atoms with Crippen LogP contribution in [0, 0.1) is 13.8 Å². The molecule has 0 bridgehead atoms. The van der Waals surface area contributed by atoms with Crippen molar-refractivity contribution in [2.45, 2.75) is 23.6 Å². The largest absolute Gasteiger partial charge is 0.324 e. The summed E-state index contributed by atoms with van der Waals surface area (Å²) in [5.41, 5.74) is 3.27. The third-order valence-electron chi connectivity index (χ3n) is 2.83. The first-order chi connectivity index (χ1) is 9.60. The molecule has 0 radical (unpaired) electrons. The van der Waals surface area contributed by atoms with E-state index in [0.29, 0.717) is 0 Å². The van der Waals surface area contributed by atoms with Crippen LogP contribution in [0.25, 0.3) is 0 Å². The van der Waals surface area contributed by atoms with E-state index in [2.05, 4.69) is 37.4 Å². The zero-order chi connectivity index (χ0) is 14.5. The van der Waals surface area contributed by atoms with Crippen molar-refractivity contribution in [3.63, 3.8) is 0 Å². The number of nitrogens with one attached hydrogen (secondary N) is 1. The molecule has 2 rings (SSSR count). The predicted octanol–water partition coefficient (Wildman–Crippen LogP) is 4.63. The molecular formula is C16H16ClNOS. The van der Waals surface area contributed by atoms with E-state index in [9.17, 15) is 4.79 Å². The van der Waals surface area contributed by atoms with Crippen LogP contribution in [0.1, 0.15) is 11.1 Å². The van der Waals surface area contributed by atoms with E-state index >= 15 is 0 Å². The smallest absolute Gasteiger partial charge is 0.239 e. The van der Waals surface area contributed by atoms with Crippen LogP contribution in [-0.4, -0.2) is 11.8 Å². The van der Waals surface area contributed by atoms with Crippen molar-refractivity contribution < 1.29 is 4.79 Å². The minimum absolute atomic E-state index is 0.0391. The second kappa shape index (κ2) is 6.82. The third-order valence-corrected chi connectivity index (χ3v) is 4.33. The maximum absolute atomic E-state index is 11.4. The van der Waals surface area contributed by atoms with Crippen LogP contribution in [-0.2, 0) is 4.79 Å². The lowest BCUT2D eigenvalue weighted by Gasteiger charge is -2.11. The molecule has 1 N–H and O–H groups in total. The highest BCUT2D eigenvalue weighted by molar-refractivity contribution is 7.99. The van der Waals surface area contributed by atoms with Gasteiger partial charge in [-0.2, -0.15) is 0 Å². The van der Waals surface area contributed by atoms with Gasteiger partial charge in [0, 0.05) is 9.79 Å². The number of benzene rings is 2. The molecule has 0 aliphatic rings. The first kappa shape index (κ1) is 14.9. The minimum atomic E-state index is -0.194. The molecule has 0 unspecified atom stereocenters. The molecule has 0 atom stereocenters. The molecule has 0 spiro atoms. The van der Waals surface area contributed by atoms with E-state index < -0.39 is 0 Å². The van der Waals surface area contributed by atoms with Crippen molar-refractivity contribution in [1.82, 2.24) is 0 Å². The van der Waals surface area contributed by atoms with E-state index in [-0.39, 0.29) is 11.8 Å².